The second kappa shape index (κ2) is 11.2. The summed E-state index contributed by atoms with van der Waals surface area (Å²) >= 11 is 1.59. The molecule has 0 aliphatic heterocycles. The Kier molecular flexibility index (Phi) is 9.02. The molecule has 0 aliphatic carbocycles. The molecule has 1 amide bonds. The Labute approximate surface area is 172 Å². The highest BCUT2D eigenvalue weighted by Crippen LogP contribution is 2.12. The van der Waals surface area contributed by atoms with Gasteiger partial charge in [0.15, 0.2) is 0 Å². The molecule has 0 heterocycles. The van der Waals surface area contributed by atoms with Gasteiger partial charge in [0, 0.05) is 13.6 Å². The molecular formula is C21H28N2O3S2. The van der Waals surface area contributed by atoms with Crippen LogP contribution in [0, 0.1) is 0 Å². The van der Waals surface area contributed by atoms with Gasteiger partial charge in [0.25, 0.3) is 0 Å². The van der Waals surface area contributed by atoms with Crippen molar-refractivity contribution in [2.24, 2.45) is 0 Å². The van der Waals surface area contributed by atoms with Gasteiger partial charge in [0.1, 0.15) is 6.04 Å². The number of aryl methyl sites for hydroxylation is 1. The summed E-state index contributed by atoms with van der Waals surface area (Å²) in [4.78, 5) is 14.7. The second-order valence-corrected chi connectivity index (χ2v) is 9.32. The zero-order chi connectivity index (χ0) is 20.4. The van der Waals surface area contributed by atoms with E-state index in [1.54, 1.807) is 41.9 Å². The molecule has 1 unspecified atom stereocenters. The molecule has 152 valence electrons. The van der Waals surface area contributed by atoms with Crippen LogP contribution in [-0.2, 0) is 21.2 Å². The number of rotatable bonds is 11. The molecule has 28 heavy (non-hydrogen) atoms. The quantitative estimate of drug-likeness (QED) is 0.606. The van der Waals surface area contributed by atoms with Crippen LogP contribution in [0.2, 0.25) is 0 Å². The van der Waals surface area contributed by atoms with E-state index in [1.165, 1.54) is 17.7 Å². The zero-order valence-electron chi connectivity index (χ0n) is 16.4. The fourth-order valence-electron chi connectivity index (χ4n) is 2.86. The molecule has 0 radical (unpaired) electrons. The van der Waals surface area contributed by atoms with Crippen LogP contribution in [0.3, 0.4) is 0 Å². The van der Waals surface area contributed by atoms with Gasteiger partial charge in [-0.15, -0.1) is 0 Å². The Morgan fingerprint density at radius 2 is 1.68 bits per heavy atom. The van der Waals surface area contributed by atoms with Crippen molar-refractivity contribution < 1.29 is 13.2 Å². The van der Waals surface area contributed by atoms with Crippen molar-refractivity contribution in [2.75, 3.05) is 25.6 Å². The Morgan fingerprint density at radius 1 is 1.07 bits per heavy atom. The molecule has 7 heteroatoms. The normalized spacial score (nSPS) is 12.5. The van der Waals surface area contributed by atoms with Crippen LogP contribution in [0.25, 0.3) is 0 Å². The first-order chi connectivity index (χ1) is 13.4. The average molecular weight is 421 g/mol. The second-order valence-electron chi connectivity index (χ2n) is 6.62. The number of likely N-dealkylation sites (N-methyl/N-ethyl adjacent to an activating group) is 1. The van der Waals surface area contributed by atoms with Crippen molar-refractivity contribution in [3.05, 3.63) is 66.2 Å². The lowest BCUT2D eigenvalue weighted by Gasteiger charge is -2.24. The molecular weight excluding hydrogens is 392 g/mol. The van der Waals surface area contributed by atoms with Crippen LogP contribution in [0.15, 0.2) is 65.6 Å². The monoisotopic (exact) mass is 420 g/mol. The van der Waals surface area contributed by atoms with Crippen molar-refractivity contribution in [1.82, 2.24) is 9.62 Å². The number of carbonyl (C=O) groups excluding carboxylic acids is 1. The standard InChI is InChI=1S/C21H28N2O3S2/c1-23(16-9-12-18-10-5-3-6-11-18)21(24)20(15-17-27-2)22-28(25,26)19-13-7-4-8-14-19/h3-8,10-11,13-14,20,22H,9,12,15-17H2,1-2H3. The van der Waals surface area contributed by atoms with Crippen LogP contribution in [0.1, 0.15) is 18.4 Å². The van der Waals surface area contributed by atoms with Gasteiger partial charge in [-0.25, -0.2) is 8.42 Å². The Balaban J connectivity index is 1.99. The maximum absolute atomic E-state index is 12.9. The highest BCUT2D eigenvalue weighted by atomic mass is 32.2. The number of benzene rings is 2. The van der Waals surface area contributed by atoms with Crippen LogP contribution in [0.4, 0.5) is 0 Å². The van der Waals surface area contributed by atoms with Crippen LogP contribution in [-0.4, -0.2) is 50.9 Å². The largest absolute Gasteiger partial charge is 0.344 e. The predicted molar refractivity (Wildman–Crippen MR) is 116 cm³/mol. The van der Waals surface area contributed by atoms with Crippen molar-refractivity contribution in [2.45, 2.75) is 30.2 Å². The summed E-state index contributed by atoms with van der Waals surface area (Å²) in [6, 6.07) is 17.5. The van der Waals surface area contributed by atoms with Crippen molar-refractivity contribution in [1.29, 1.82) is 0 Å². The van der Waals surface area contributed by atoms with E-state index in [-0.39, 0.29) is 10.8 Å². The summed E-state index contributed by atoms with van der Waals surface area (Å²) in [5, 5.41) is 0. The minimum atomic E-state index is -3.74. The Bertz CT molecular complexity index is 827. The van der Waals surface area contributed by atoms with Crippen LogP contribution < -0.4 is 4.72 Å². The number of amides is 1. The fourth-order valence-corrected chi connectivity index (χ4v) is 4.58. The number of carbonyl (C=O) groups is 1. The van der Waals surface area contributed by atoms with E-state index in [1.807, 2.05) is 24.5 Å². The Morgan fingerprint density at radius 3 is 2.29 bits per heavy atom. The molecule has 0 aliphatic rings. The first kappa shape index (κ1) is 22.5. The zero-order valence-corrected chi connectivity index (χ0v) is 18.0. The summed E-state index contributed by atoms with van der Waals surface area (Å²) < 4.78 is 27.9. The van der Waals surface area contributed by atoms with Gasteiger partial charge < -0.3 is 4.90 Å². The molecule has 0 saturated heterocycles. The number of hydrogen-bond acceptors (Lipinski definition) is 4. The number of sulfonamides is 1. The molecule has 5 nitrogen and oxygen atoms in total. The maximum Gasteiger partial charge on any atom is 0.241 e. The van der Waals surface area contributed by atoms with Crippen molar-refractivity contribution >= 4 is 27.7 Å². The first-order valence-electron chi connectivity index (χ1n) is 9.29. The highest BCUT2D eigenvalue weighted by molar-refractivity contribution is 7.98. The fraction of sp³-hybridized carbons (Fsp3) is 0.381. The lowest BCUT2D eigenvalue weighted by atomic mass is 10.1. The predicted octanol–water partition coefficient (Wildman–Crippen LogP) is 3.18. The van der Waals surface area contributed by atoms with Crippen molar-refractivity contribution in [3.8, 4) is 0 Å². The van der Waals surface area contributed by atoms with E-state index in [0.29, 0.717) is 18.7 Å². The number of hydrogen-bond donors (Lipinski definition) is 1. The molecule has 2 rings (SSSR count). The topological polar surface area (TPSA) is 66.5 Å². The van der Waals surface area contributed by atoms with E-state index in [0.717, 1.165) is 12.8 Å². The van der Waals surface area contributed by atoms with Gasteiger partial charge in [-0.2, -0.15) is 16.5 Å². The smallest absolute Gasteiger partial charge is 0.241 e. The number of thioether (sulfide) groups is 1. The summed E-state index contributed by atoms with van der Waals surface area (Å²) in [5.41, 5.74) is 1.23. The summed E-state index contributed by atoms with van der Waals surface area (Å²) in [5.74, 6) is 0.507. The van der Waals surface area contributed by atoms with Gasteiger partial charge in [-0.05, 0) is 49.0 Å². The van der Waals surface area contributed by atoms with Gasteiger partial charge in [-0.3, -0.25) is 4.79 Å². The molecule has 1 N–H and O–H groups in total. The molecule has 1 atom stereocenters. The molecule has 2 aromatic carbocycles. The van der Waals surface area contributed by atoms with E-state index in [9.17, 15) is 13.2 Å². The van der Waals surface area contributed by atoms with E-state index in [4.69, 9.17) is 0 Å². The van der Waals surface area contributed by atoms with Gasteiger partial charge in [0.05, 0.1) is 4.90 Å². The Hall–Kier alpha value is -1.83. The van der Waals surface area contributed by atoms with Crippen LogP contribution in [0.5, 0.6) is 0 Å². The highest BCUT2D eigenvalue weighted by Gasteiger charge is 2.27. The number of nitrogens with one attached hydrogen (secondary N) is 1. The molecule has 0 saturated carbocycles. The van der Waals surface area contributed by atoms with Gasteiger partial charge in [-0.1, -0.05) is 48.5 Å². The molecule has 0 fully saturated rings. The maximum atomic E-state index is 12.9. The van der Waals surface area contributed by atoms with Gasteiger partial charge >= 0.3 is 0 Å². The summed E-state index contributed by atoms with van der Waals surface area (Å²) in [6.07, 6.45) is 4.10. The SMILES string of the molecule is CSCCC(NS(=O)(=O)c1ccccc1)C(=O)N(C)CCCc1ccccc1. The lowest BCUT2D eigenvalue weighted by Crippen LogP contribution is -2.47. The third-order valence-corrected chi connectivity index (χ3v) is 6.57. The minimum absolute atomic E-state index is 0.170. The van der Waals surface area contributed by atoms with E-state index in [2.05, 4.69) is 16.9 Å². The van der Waals surface area contributed by atoms with Crippen LogP contribution >= 0.6 is 11.8 Å². The lowest BCUT2D eigenvalue weighted by molar-refractivity contribution is -0.131. The minimum Gasteiger partial charge on any atom is -0.344 e. The van der Waals surface area contributed by atoms with E-state index >= 15 is 0 Å². The third kappa shape index (κ3) is 6.96. The number of nitrogens with zero attached hydrogens (tertiary/aromatic N) is 1. The molecule has 0 aromatic heterocycles. The first-order valence-corrected chi connectivity index (χ1v) is 12.2. The molecule has 2 aromatic rings. The van der Waals surface area contributed by atoms with Crippen molar-refractivity contribution in [3.63, 3.8) is 0 Å². The summed E-state index contributed by atoms with van der Waals surface area (Å²) in [7, 11) is -2.01. The third-order valence-electron chi connectivity index (χ3n) is 4.44. The van der Waals surface area contributed by atoms with Gasteiger partial charge in [0.2, 0.25) is 15.9 Å². The van der Waals surface area contributed by atoms with E-state index < -0.39 is 16.1 Å². The summed E-state index contributed by atoms with van der Waals surface area (Å²) in [6.45, 7) is 0.580. The average Bonchev–Trinajstić information content (AvgIpc) is 2.72. The molecule has 0 spiro atoms. The molecule has 0 bridgehead atoms.